The molecule has 2 rings (SSSR count). The van der Waals surface area contributed by atoms with Gasteiger partial charge in [0.2, 0.25) is 0 Å². The number of rotatable bonds is 13. The fourth-order valence-corrected chi connectivity index (χ4v) is 4.50. The van der Waals surface area contributed by atoms with Gasteiger partial charge in [-0.3, -0.25) is 0 Å². The van der Waals surface area contributed by atoms with E-state index >= 15 is 0 Å². The number of phenolic OH excluding ortho intramolecular Hbond substituents is 4. The topological polar surface area (TPSA) is 130 Å². The van der Waals surface area contributed by atoms with E-state index in [-0.39, 0.29) is 35.8 Å². The molecule has 0 heterocycles. The monoisotopic (exact) mass is 467 g/mol. The lowest BCUT2D eigenvalue weighted by molar-refractivity contribution is -0.890. The van der Waals surface area contributed by atoms with Gasteiger partial charge >= 0.3 is 0 Å². The first-order valence-electron chi connectivity index (χ1n) is 10.8. The number of benzene rings is 2. The summed E-state index contributed by atoms with van der Waals surface area (Å²) in [6.45, 7) is 1.49. The number of aryl methyl sites for hydroxylation is 2. The van der Waals surface area contributed by atoms with Gasteiger partial charge < -0.3 is 38.9 Å². The average Bonchev–Trinajstić information content (AvgIpc) is 2.70. The molecule has 8 nitrogen and oxygen atoms in total. The van der Waals surface area contributed by atoms with Gasteiger partial charge in [0.25, 0.3) is 0 Å². The van der Waals surface area contributed by atoms with Crippen LogP contribution in [-0.4, -0.2) is 64.9 Å². The van der Waals surface area contributed by atoms with E-state index in [2.05, 4.69) is 0 Å². The molecule has 2 aromatic carbocycles. The van der Waals surface area contributed by atoms with Gasteiger partial charge in [0.05, 0.1) is 20.6 Å². The Bertz CT molecular complexity index is 933. The molecule has 0 aliphatic carbocycles. The largest absolute Gasteiger partial charge is 0.778 e. The van der Waals surface area contributed by atoms with Crippen molar-refractivity contribution in [1.82, 2.24) is 0 Å². The van der Waals surface area contributed by atoms with E-state index in [1.807, 2.05) is 14.1 Å². The molecule has 1 unspecified atom stereocenters. The Morgan fingerprint density at radius 2 is 1.34 bits per heavy atom. The van der Waals surface area contributed by atoms with Gasteiger partial charge in [-0.05, 0) is 61.1 Å². The van der Waals surface area contributed by atoms with Crippen LogP contribution in [0.2, 0.25) is 0 Å². The summed E-state index contributed by atoms with van der Waals surface area (Å²) in [5, 5.41) is 37.7. The zero-order valence-corrected chi connectivity index (χ0v) is 19.6. The third-order valence-electron chi connectivity index (χ3n) is 5.44. The van der Waals surface area contributed by atoms with Gasteiger partial charge in [-0.2, -0.15) is 0 Å². The first kappa shape index (κ1) is 26.0. The van der Waals surface area contributed by atoms with Crippen LogP contribution in [-0.2, 0) is 21.9 Å². The van der Waals surface area contributed by atoms with Crippen LogP contribution in [0.15, 0.2) is 36.4 Å². The molecule has 0 amide bonds. The van der Waals surface area contributed by atoms with Gasteiger partial charge in [0.1, 0.15) is 20.7 Å². The number of unbranched alkanes of at least 4 members (excludes halogenated alkanes) is 1. The fraction of sp³-hybridized carbons (Fsp3) is 0.478. The van der Waals surface area contributed by atoms with Crippen LogP contribution < -0.4 is 4.89 Å². The van der Waals surface area contributed by atoms with Crippen molar-refractivity contribution in [2.24, 2.45) is 0 Å². The smallest absolute Gasteiger partial charge is 0.157 e. The first-order chi connectivity index (χ1) is 15.0. The second-order valence-corrected chi connectivity index (χ2v) is 10.7. The number of likely N-dealkylation sites (N-methyl/N-ethyl adjacent to an activating group) is 1. The number of quaternary nitrogens is 1. The Kier molecular flexibility index (Phi) is 9.40. The molecule has 2 aromatic rings. The van der Waals surface area contributed by atoms with Crippen LogP contribution in [0.3, 0.4) is 0 Å². The number of nitrogens with zero attached hydrogens (tertiary/aromatic N) is 1. The molecule has 0 aliphatic heterocycles. The molecule has 0 saturated carbocycles. The minimum atomic E-state index is -3.90. The van der Waals surface area contributed by atoms with Crippen LogP contribution in [0.25, 0.3) is 0 Å². The highest BCUT2D eigenvalue weighted by atomic mass is 31.2. The molecule has 0 radical (unpaired) electrons. The average molecular weight is 467 g/mol. The van der Waals surface area contributed by atoms with Crippen LogP contribution >= 0.6 is 7.60 Å². The lowest BCUT2D eigenvalue weighted by Crippen LogP contribution is -2.43. The Morgan fingerprint density at radius 1 is 0.812 bits per heavy atom. The first-order valence-corrected chi connectivity index (χ1v) is 12.5. The van der Waals surface area contributed by atoms with Crippen molar-refractivity contribution in [2.45, 2.75) is 32.1 Å². The molecular weight excluding hydrogens is 433 g/mol. The molecule has 0 bridgehead atoms. The van der Waals surface area contributed by atoms with Crippen LogP contribution in [0.5, 0.6) is 23.0 Å². The summed E-state index contributed by atoms with van der Waals surface area (Å²) in [4.78, 5) is 12.2. The Morgan fingerprint density at radius 3 is 1.88 bits per heavy atom. The molecule has 1 atom stereocenters. The highest BCUT2D eigenvalue weighted by Crippen LogP contribution is 2.38. The van der Waals surface area contributed by atoms with Gasteiger partial charge in [-0.1, -0.05) is 12.1 Å². The minimum Gasteiger partial charge on any atom is -0.778 e. The second kappa shape index (κ2) is 11.6. The van der Waals surface area contributed by atoms with E-state index < -0.39 is 7.60 Å². The Hall–Kier alpha value is -2.25. The van der Waals surface area contributed by atoms with Gasteiger partial charge in [-0.15, -0.1) is 0 Å². The van der Waals surface area contributed by atoms with Crippen molar-refractivity contribution in [3.05, 3.63) is 47.5 Å². The molecule has 32 heavy (non-hydrogen) atoms. The summed E-state index contributed by atoms with van der Waals surface area (Å²) in [5.74, 6) is -0.616. The molecular formula is C23H34NO7P. The Labute approximate surface area is 189 Å². The predicted octanol–water partition coefficient (Wildman–Crippen LogP) is 3.11. The second-order valence-electron chi connectivity index (χ2n) is 8.76. The van der Waals surface area contributed by atoms with E-state index in [1.54, 1.807) is 18.2 Å². The summed E-state index contributed by atoms with van der Waals surface area (Å²) in [7, 11) is 0.127. The molecule has 0 fully saturated rings. The number of hydrogen-bond acceptors (Lipinski definition) is 7. The third-order valence-corrected chi connectivity index (χ3v) is 6.88. The predicted molar refractivity (Wildman–Crippen MR) is 121 cm³/mol. The number of phenols is 4. The SMILES string of the molecule is C[N+](C)(CCCc1ccc(O)c(O)c1)CCOP(=O)([O-])CCCCc1ccc(O)c(O)c1. The lowest BCUT2D eigenvalue weighted by atomic mass is 10.1. The molecule has 4 N–H and O–H groups in total. The van der Waals surface area contributed by atoms with Crippen LogP contribution in [0.1, 0.15) is 30.4 Å². The summed E-state index contributed by atoms with van der Waals surface area (Å²) < 4.78 is 18.0. The van der Waals surface area contributed by atoms with E-state index in [1.165, 1.54) is 18.2 Å². The summed E-state index contributed by atoms with van der Waals surface area (Å²) in [5.41, 5.74) is 1.77. The molecule has 178 valence electrons. The van der Waals surface area contributed by atoms with Crippen molar-refractivity contribution in [2.75, 3.05) is 40.0 Å². The number of aromatic hydroxyl groups is 4. The lowest BCUT2D eigenvalue weighted by Gasteiger charge is -2.31. The normalized spacial score (nSPS) is 13.7. The maximum absolute atomic E-state index is 12.2. The van der Waals surface area contributed by atoms with Gasteiger partial charge in [-0.25, -0.2) is 0 Å². The maximum atomic E-state index is 12.2. The minimum absolute atomic E-state index is 0.0329. The zero-order chi connectivity index (χ0) is 23.8. The van der Waals surface area contributed by atoms with Crippen molar-refractivity contribution in [1.29, 1.82) is 0 Å². The van der Waals surface area contributed by atoms with Crippen molar-refractivity contribution in [3.8, 4) is 23.0 Å². The van der Waals surface area contributed by atoms with E-state index in [0.717, 1.165) is 30.5 Å². The van der Waals surface area contributed by atoms with E-state index in [0.29, 0.717) is 30.3 Å². The van der Waals surface area contributed by atoms with E-state index in [9.17, 15) is 29.9 Å². The highest BCUT2D eigenvalue weighted by Gasteiger charge is 2.17. The van der Waals surface area contributed by atoms with Gasteiger partial charge in [0, 0.05) is 12.6 Å². The fourth-order valence-electron chi connectivity index (χ4n) is 3.40. The van der Waals surface area contributed by atoms with E-state index in [4.69, 9.17) is 4.52 Å². The molecule has 0 saturated heterocycles. The highest BCUT2D eigenvalue weighted by molar-refractivity contribution is 7.51. The molecule has 0 spiro atoms. The quantitative estimate of drug-likeness (QED) is 0.154. The molecule has 0 aliphatic rings. The van der Waals surface area contributed by atoms with Crippen molar-refractivity contribution in [3.63, 3.8) is 0 Å². The summed E-state index contributed by atoms with van der Waals surface area (Å²) in [6, 6.07) is 9.40. The Balaban J connectivity index is 1.64. The van der Waals surface area contributed by atoms with Crippen molar-refractivity contribution < 1.29 is 38.9 Å². The van der Waals surface area contributed by atoms with Crippen molar-refractivity contribution >= 4 is 7.60 Å². The zero-order valence-electron chi connectivity index (χ0n) is 18.7. The summed E-state index contributed by atoms with van der Waals surface area (Å²) in [6.07, 6.45) is 3.26. The molecule has 0 aromatic heterocycles. The van der Waals surface area contributed by atoms with Crippen LogP contribution in [0.4, 0.5) is 0 Å². The standard InChI is InChI=1S/C23H34NO7P/c1-24(2,12-5-7-19-9-11-21(26)23(28)17-19)13-14-31-32(29,30)15-4-3-6-18-8-10-20(25)22(27)16-18/h8-11,16-17H,3-7,12-15H2,1-2H3,(H4-,25,26,27,28,29,30). The summed E-state index contributed by atoms with van der Waals surface area (Å²) >= 11 is 0. The molecule has 9 heteroatoms. The number of hydrogen-bond donors (Lipinski definition) is 4. The maximum Gasteiger partial charge on any atom is 0.157 e. The third kappa shape index (κ3) is 9.09. The van der Waals surface area contributed by atoms with Crippen LogP contribution in [0, 0.1) is 0 Å². The van der Waals surface area contributed by atoms with Gasteiger partial charge in [0.15, 0.2) is 23.0 Å².